The molecular formula is C23H23N5O2S2. The van der Waals surface area contributed by atoms with Crippen molar-refractivity contribution in [1.82, 2.24) is 24.6 Å². The molecule has 1 atom stereocenters. The van der Waals surface area contributed by atoms with E-state index in [0.29, 0.717) is 24.5 Å². The summed E-state index contributed by atoms with van der Waals surface area (Å²) < 4.78 is 1.86. The van der Waals surface area contributed by atoms with Crippen molar-refractivity contribution in [3.05, 3.63) is 63.5 Å². The monoisotopic (exact) mass is 465 g/mol. The number of rotatable bonds is 5. The highest BCUT2D eigenvalue weighted by atomic mass is 32.1. The van der Waals surface area contributed by atoms with Crippen LogP contribution in [0, 0.1) is 20.8 Å². The van der Waals surface area contributed by atoms with Crippen molar-refractivity contribution in [2.24, 2.45) is 0 Å². The summed E-state index contributed by atoms with van der Waals surface area (Å²) in [5, 5.41) is 5.83. The maximum atomic E-state index is 13.3. The van der Waals surface area contributed by atoms with E-state index < -0.39 is 0 Å². The number of likely N-dealkylation sites (tertiary alicyclic amines) is 1. The van der Waals surface area contributed by atoms with Crippen molar-refractivity contribution in [2.45, 2.75) is 33.2 Å². The summed E-state index contributed by atoms with van der Waals surface area (Å²) in [5.41, 5.74) is 4.16. The summed E-state index contributed by atoms with van der Waals surface area (Å²) in [7, 11) is 0. The molecule has 0 unspecified atom stereocenters. The van der Waals surface area contributed by atoms with Crippen LogP contribution in [0.4, 0.5) is 0 Å². The SMILES string of the molecule is Cc1cccc(-c2sc(C)nc2C(=O)N2CC[C@H]2CNC(=O)c2cnc3scc(C)n23)c1. The Balaban J connectivity index is 1.30. The third kappa shape index (κ3) is 3.61. The molecule has 32 heavy (non-hydrogen) atoms. The van der Waals surface area contributed by atoms with Gasteiger partial charge in [0.15, 0.2) is 4.96 Å². The standard InChI is InChI=1S/C23H23N5O2S2/c1-13-5-4-6-16(9-13)20-19(26-15(3)32-20)22(30)27-8-7-17(27)10-24-21(29)18-11-25-23-28(18)14(2)12-31-23/h4-6,9,11-12,17H,7-8,10H2,1-3H3,(H,24,29)/t17-/m0/s1. The molecule has 9 heteroatoms. The number of fused-ring (bicyclic) bond motifs is 1. The van der Waals surface area contributed by atoms with Gasteiger partial charge in [0, 0.05) is 24.2 Å². The fraction of sp³-hybridized carbons (Fsp3) is 0.304. The van der Waals surface area contributed by atoms with E-state index in [9.17, 15) is 9.59 Å². The molecule has 1 fully saturated rings. The van der Waals surface area contributed by atoms with Gasteiger partial charge in [-0.3, -0.25) is 14.0 Å². The lowest BCUT2D eigenvalue weighted by Gasteiger charge is -2.40. The third-order valence-corrected chi connectivity index (χ3v) is 7.75. The van der Waals surface area contributed by atoms with Crippen LogP contribution < -0.4 is 5.32 Å². The van der Waals surface area contributed by atoms with Gasteiger partial charge in [-0.15, -0.1) is 22.7 Å². The lowest BCUT2D eigenvalue weighted by atomic mass is 10.0. The average molecular weight is 466 g/mol. The van der Waals surface area contributed by atoms with Crippen LogP contribution >= 0.6 is 22.7 Å². The number of benzene rings is 1. The maximum absolute atomic E-state index is 13.3. The van der Waals surface area contributed by atoms with Crippen molar-refractivity contribution in [2.75, 3.05) is 13.1 Å². The number of nitrogens with zero attached hydrogens (tertiary/aromatic N) is 4. The molecule has 1 N–H and O–H groups in total. The first kappa shape index (κ1) is 20.8. The summed E-state index contributed by atoms with van der Waals surface area (Å²) in [6.45, 7) is 7.00. The van der Waals surface area contributed by atoms with Crippen LogP contribution in [0.2, 0.25) is 0 Å². The largest absolute Gasteiger partial charge is 0.349 e. The van der Waals surface area contributed by atoms with Crippen molar-refractivity contribution < 1.29 is 9.59 Å². The van der Waals surface area contributed by atoms with Crippen molar-refractivity contribution in [1.29, 1.82) is 0 Å². The van der Waals surface area contributed by atoms with Crippen molar-refractivity contribution in [3.63, 3.8) is 0 Å². The molecule has 1 saturated heterocycles. The summed E-state index contributed by atoms with van der Waals surface area (Å²) in [4.78, 5) is 38.5. The number of carbonyl (C=O) groups excluding carboxylic acids is 2. The topological polar surface area (TPSA) is 79.6 Å². The van der Waals surface area contributed by atoms with Gasteiger partial charge >= 0.3 is 0 Å². The molecule has 0 spiro atoms. The summed E-state index contributed by atoms with van der Waals surface area (Å²) >= 11 is 3.05. The average Bonchev–Trinajstić information content (AvgIpc) is 3.43. The first-order valence-corrected chi connectivity index (χ1v) is 12.2. The summed E-state index contributed by atoms with van der Waals surface area (Å²) in [6, 6.07) is 8.10. The second kappa shape index (κ2) is 8.14. The molecule has 1 aliphatic rings. The number of imidazole rings is 1. The van der Waals surface area contributed by atoms with Crippen molar-refractivity contribution >= 4 is 39.4 Å². The Morgan fingerprint density at radius 3 is 2.84 bits per heavy atom. The predicted molar refractivity (Wildman–Crippen MR) is 127 cm³/mol. The van der Waals surface area contributed by atoms with E-state index in [0.717, 1.165) is 38.1 Å². The minimum Gasteiger partial charge on any atom is -0.349 e. The molecule has 4 aromatic rings. The molecule has 0 aliphatic carbocycles. The van der Waals surface area contributed by atoms with Gasteiger partial charge in [0.2, 0.25) is 0 Å². The Bertz CT molecular complexity index is 1340. The first-order valence-electron chi connectivity index (χ1n) is 10.5. The zero-order chi connectivity index (χ0) is 22.4. The molecule has 3 aromatic heterocycles. The Kier molecular flexibility index (Phi) is 5.30. The first-order chi connectivity index (χ1) is 15.4. The van der Waals surface area contributed by atoms with Crippen LogP contribution in [0.25, 0.3) is 15.4 Å². The molecule has 0 saturated carbocycles. The third-order valence-electron chi connectivity index (χ3n) is 5.77. The number of aromatic nitrogens is 3. The van der Waals surface area contributed by atoms with E-state index in [4.69, 9.17) is 0 Å². The molecular weight excluding hydrogens is 442 g/mol. The second-order valence-corrected chi connectivity index (χ2v) is 10.1. The van der Waals surface area contributed by atoms with Gasteiger partial charge in [-0.25, -0.2) is 9.97 Å². The summed E-state index contributed by atoms with van der Waals surface area (Å²) in [6.07, 6.45) is 2.46. The number of carbonyl (C=O) groups is 2. The van der Waals surface area contributed by atoms with Gasteiger partial charge in [-0.1, -0.05) is 29.8 Å². The number of aryl methyl sites for hydroxylation is 3. The Labute approximate surface area is 193 Å². The van der Waals surface area contributed by atoms with Crippen LogP contribution in [-0.4, -0.2) is 50.2 Å². The van der Waals surface area contributed by atoms with Crippen LogP contribution in [0.1, 0.15) is 43.7 Å². The minimum absolute atomic E-state index is 0.0363. The normalized spacial score (nSPS) is 15.7. The molecule has 0 radical (unpaired) electrons. The summed E-state index contributed by atoms with van der Waals surface area (Å²) in [5.74, 6) is -0.250. The Morgan fingerprint density at radius 2 is 2.09 bits per heavy atom. The van der Waals surface area contributed by atoms with Gasteiger partial charge in [0.05, 0.1) is 22.1 Å². The minimum atomic E-state index is -0.178. The van der Waals surface area contributed by atoms with Gasteiger partial charge in [-0.2, -0.15) is 0 Å². The Hall–Kier alpha value is -3.04. The predicted octanol–water partition coefficient (Wildman–Crippen LogP) is 4.09. The van der Waals surface area contributed by atoms with Gasteiger partial charge in [-0.05, 0) is 32.8 Å². The number of nitrogens with one attached hydrogen (secondary N) is 1. The van der Waals surface area contributed by atoms with Crippen LogP contribution in [0.5, 0.6) is 0 Å². The Morgan fingerprint density at radius 1 is 1.25 bits per heavy atom. The molecule has 4 heterocycles. The molecule has 5 rings (SSSR count). The quantitative estimate of drug-likeness (QED) is 0.482. The number of amides is 2. The zero-order valence-electron chi connectivity index (χ0n) is 18.1. The van der Waals surface area contributed by atoms with E-state index in [1.165, 1.54) is 11.3 Å². The highest BCUT2D eigenvalue weighted by molar-refractivity contribution is 7.15. The van der Waals surface area contributed by atoms with Crippen LogP contribution in [0.3, 0.4) is 0 Å². The van der Waals surface area contributed by atoms with E-state index >= 15 is 0 Å². The van der Waals surface area contributed by atoms with Gasteiger partial charge in [0.1, 0.15) is 11.4 Å². The molecule has 164 valence electrons. The zero-order valence-corrected chi connectivity index (χ0v) is 19.7. The molecule has 7 nitrogen and oxygen atoms in total. The maximum Gasteiger partial charge on any atom is 0.274 e. The van der Waals surface area contributed by atoms with E-state index in [1.807, 2.05) is 53.7 Å². The lowest BCUT2D eigenvalue weighted by molar-refractivity contribution is 0.0451. The van der Waals surface area contributed by atoms with Crippen LogP contribution in [-0.2, 0) is 0 Å². The number of thiazole rings is 2. The number of hydrogen-bond donors (Lipinski definition) is 1. The van der Waals surface area contributed by atoms with E-state index in [1.54, 1.807) is 17.5 Å². The molecule has 0 bridgehead atoms. The lowest BCUT2D eigenvalue weighted by Crippen LogP contribution is -2.56. The highest BCUT2D eigenvalue weighted by Crippen LogP contribution is 2.33. The fourth-order valence-electron chi connectivity index (χ4n) is 4.02. The number of hydrogen-bond acceptors (Lipinski definition) is 6. The van der Waals surface area contributed by atoms with Gasteiger partial charge < -0.3 is 10.2 Å². The molecule has 1 aliphatic heterocycles. The molecule has 2 amide bonds. The van der Waals surface area contributed by atoms with Crippen LogP contribution in [0.15, 0.2) is 35.8 Å². The van der Waals surface area contributed by atoms with Crippen molar-refractivity contribution in [3.8, 4) is 10.4 Å². The second-order valence-electron chi connectivity index (χ2n) is 8.07. The smallest absolute Gasteiger partial charge is 0.274 e. The van der Waals surface area contributed by atoms with E-state index in [2.05, 4.69) is 21.4 Å². The fourth-order valence-corrected chi connectivity index (χ4v) is 5.77. The molecule has 1 aromatic carbocycles. The highest BCUT2D eigenvalue weighted by Gasteiger charge is 2.35. The van der Waals surface area contributed by atoms with E-state index in [-0.39, 0.29) is 17.9 Å². The van der Waals surface area contributed by atoms with Gasteiger partial charge in [0.25, 0.3) is 11.8 Å².